The Kier molecular flexibility index (Phi) is 6.89. The highest BCUT2D eigenvalue weighted by Crippen LogP contribution is 2.34. The molecule has 0 amide bonds. The molecular weight excluding hydrogens is 408 g/mol. The minimum absolute atomic E-state index is 0.0144. The molecule has 2 rings (SSSR count). The Balaban J connectivity index is 2.19. The zero-order chi connectivity index (χ0) is 20.2. The van der Waals surface area contributed by atoms with Crippen molar-refractivity contribution in [1.82, 2.24) is 19.5 Å². The molecule has 7 N–H and O–H groups in total. The van der Waals surface area contributed by atoms with Gasteiger partial charge in [-0.3, -0.25) is 18.9 Å². The lowest BCUT2D eigenvalue weighted by atomic mass is 10.3. The first-order valence-corrected chi connectivity index (χ1v) is 11.0. The molecule has 1 unspecified atom stereocenters. The number of hydrogen-bond donors (Lipinski definition) is 6. The molecule has 0 saturated heterocycles. The first kappa shape index (κ1) is 21.7. The van der Waals surface area contributed by atoms with Gasteiger partial charge in [-0.15, -0.1) is 0 Å². The third-order valence-electron chi connectivity index (χ3n) is 3.25. The van der Waals surface area contributed by atoms with Crippen LogP contribution in [0.5, 0.6) is 0 Å². The number of nitrogens with two attached hydrogens (primary N) is 1. The van der Waals surface area contributed by atoms with Gasteiger partial charge in [-0.2, -0.15) is 4.98 Å². The molecule has 16 heteroatoms. The van der Waals surface area contributed by atoms with Crippen LogP contribution in [0.25, 0.3) is 11.2 Å². The third-order valence-corrected chi connectivity index (χ3v) is 4.53. The maximum absolute atomic E-state index is 11.8. The van der Waals surface area contributed by atoms with Gasteiger partial charge in [0.15, 0.2) is 11.2 Å². The summed E-state index contributed by atoms with van der Waals surface area (Å²) in [7, 11) is -8.63. The van der Waals surface area contributed by atoms with Crippen molar-refractivity contribution in [3.8, 4) is 0 Å². The molecule has 0 aliphatic heterocycles. The third kappa shape index (κ3) is 6.79. The Morgan fingerprint density at radius 3 is 2.48 bits per heavy atom. The van der Waals surface area contributed by atoms with Gasteiger partial charge in [0.05, 0.1) is 38.4 Å². The molecule has 2 aromatic heterocycles. The molecule has 2 aromatic rings. The number of imidazole rings is 1. The van der Waals surface area contributed by atoms with E-state index in [1.165, 1.54) is 10.9 Å². The summed E-state index contributed by atoms with van der Waals surface area (Å²) in [6.45, 7) is -0.663. The molecular formula is C11H19N5O9P2. The van der Waals surface area contributed by atoms with Crippen LogP contribution in [-0.2, 0) is 18.6 Å². The molecule has 2 heterocycles. The molecule has 1 atom stereocenters. The molecule has 0 fully saturated rings. The number of nitrogens with zero attached hydrogens (tertiary/aromatic N) is 3. The van der Waals surface area contributed by atoms with Crippen LogP contribution >= 0.6 is 15.2 Å². The zero-order valence-electron chi connectivity index (χ0n) is 13.8. The maximum atomic E-state index is 11.8. The second-order valence-corrected chi connectivity index (χ2v) is 8.92. The monoisotopic (exact) mass is 427 g/mol. The van der Waals surface area contributed by atoms with Gasteiger partial charge in [0.1, 0.15) is 6.35 Å². The van der Waals surface area contributed by atoms with E-state index in [-0.39, 0.29) is 36.9 Å². The fourth-order valence-electron chi connectivity index (χ4n) is 2.13. The first-order valence-electron chi connectivity index (χ1n) is 7.43. The smallest absolute Gasteiger partial charge is 0.350 e. The van der Waals surface area contributed by atoms with Crippen LogP contribution in [0.1, 0.15) is 6.04 Å². The number of H-pyrrole nitrogens is 1. The van der Waals surface area contributed by atoms with E-state index < -0.39 is 39.3 Å². The van der Waals surface area contributed by atoms with Crippen LogP contribution in [0.3, 0.4) is 0 Å². The van der Waals surface area contributed by atoms with Crippen LogP contribution in [0.2, 0.25) is 0 Å². The number of rotatable bonds is 10. The van der Waals surface area contributed by atoms with Gasteiger partial charge < -0.3 is 39.3 Å². The van der Waals surface area contributed by atoms with Gasteiger partial charge in [-0.25, -0.2) is 4.98 Å². The Morgan fingerprint density at radius 1 is 1.19 bits per heavy atom. The van der Waals surface area contributed by atoms with E-state index in [0.717, 1.165) is 0 Å². The predicted octanol–water partition coefficient (Wildman–Crippen LogP) is -1.41. The summed E-state index contributed by atoms with van der Waals surface area (Å²) in [4.78, 5) is 57.5. The number of hydrogen-bond acceptors (Lipinski definition) is 8. The van der Waals surface area contributed by atoms with E-state index in [1.54, 1.807) is 0 Å². The summed E-state index contributed by atoms with van der Waals surface area (Å²) in [5, 5.41) is 0. The summed E-state index contributed by atoms with van der Waals surface area (Å²) in [5.41, 5.74) is 5.03. The summed E-state index contributed by atoms with van der Waals surface area (Å²) >= 11 is 0. The number of anilines is 1. The molecule has 27 heavy (non-hydrogen) atoms. The van der Waals surface area contributed by atoms with Gasteiger partial charge >= 0.3 is 15.2 Å². The average molecular weight is 427 g/mol. The molecule has 0 aliphatic rings. The van der Waals surface area contributed by atoms with E-state index in [2.05, 4.69) is 15.0 Å². The summed E-state index contributed by atoms with van der Waals surface area (Å²) in [6, 6.07) is -0.743. The molecule has 14 nitrogen and oxygen atoms in total. The Hall–Kier alpha value is -1.63. The molecule has 0 bridgehead atoms. The number of aromatic nitrogens is 4. The minimum Gasteiger partial charge on any atom is -0.379 e. The van der Waals surface area contributed by atoms with Crippen molar-refractivity contribution >= 4 is 32.3 Å². The van der Waals surface area contributed by atoms with Crippen LogP contribution in [0.15, 0.2) is 11.1 Å². The van der Waals surface area contributed by atoms with Crippen LogP contribution < -0.4 is 11.3 Å². The fourth-order valence-corrected chi connectivity index (χ4v) is 2.84. The lowest BCUT2D eigenvalue weighted by molar-refractivity contribution is 0.0591. The van der Waals surface area contributed by atoms with Crippen molar-refractivity contribution in [2.24, 2.45) is 0 Å². The normalized spacial score (nSPS) is 13.9. The van der Waals surface area contributed by atoms with Crippen LogP contribution in [-0.4, -0.2) is 71.4 Å². The Morgan fingerprint density at radius 2 is 1.85 bits per heavy atom. The molecule has 0 aromatic carbocycles. The number of nitrogens with one attached hydrogen (secondary N) is 1. The van der Waals surface area contributed by atoms with Gasteiger partial charge in [0.25, 0.3) is 5.56 Å². The van der Waals surface area contributed by atoms with Crippen molar-refractivity contribution < 1.29 is 38.2 Å². The second-order valence-electron chi connectivity index (χ2n) is 5.56. The summed E-state index contributed by atoms with van der Waals surface area (Å²) in [5.74, 6) is -0.161. The summed E-state index contributed by atoms with van der Waals surface area (Å²) in [6.07, 6.45) is -0.0858. The summed E-state index contributed by atoms with van der Waals surface area (Å²) < 4.78 is 33.4. The van der Waals surface area contributed by atoms with Gasteiger partial charge in [0, 0.05) is 0 Å². The van der Waals surface area contributed by atoms with E-state index in [4.69, 9.17) is 34.8 Å². The van der Waals surface area contributed by atoms with Gasteiger partial charge in [-0.1, -0.05) is 0 Å². The molecule has 0 radical (unpaired) electrons. The van der Waals surface area contributed by atoms with E-state index >= 15 is 0 Å². The zero-order valence-corrected chi connectivity index (χ0v) is 15.6. The Bertz CT molecular complexity index is 932. The highest BCUT2D eigenvalue weighted by atomic mass is 31.2. The van der Waals surface area contributed by atoms with Crippen molar-refractivity contribution in [2.75, 3.05) is 38.1 Å². The lowest BCUT2D eigenvalue weighted by Gasteiger charge is -2.19. The van der Waals surface area contributed by atoms with Gasteiger partial charge in [-0.05, 0) is 0 Å². The predicted molar refractivity (Wildman–Crippen MR) is 92.2 cm³/mol. The van der Waals surface area contributed by atoms with Crippen molar-refractivity contribution in [2.45, 2.75) is 6.04 Å². The van der Waals surface area contributed by atoms with E-state index in [0.29, 0.717) is 0 Å². The largest absolute Gasteiger partial charge is 0.379 e. The van der Waals surface area contributed by atoms with Crippen molar-refractivity contribution in [3.05, 3.63) is 16.7 Å². The van der Waals surface area contributed by atoms with Gasteiger partial charge in [0.2, 0.25) is 5.95 Å². The maximum Gasteiger partial charge on any atom is 0.350 e. The number of aromatic amines is 1. The average Bonchev–Trinajstić information content (AvgIpc) is 2.91. The van der Waals surface area contributed by atoms with Crippen molar-refractivity contribution in [1.29, 1.82) is 0 Å². The fraction of sp³-hybridized carbons (Fsp3) is 0.545. The molecule has 0 aliphatic carbocycles. The lowest BCUT2D eigenvalue weighted by Crippen LogP contribution is -2.23. The van der Waals surface area contributed by atoms with E-state index in [1.807, 2.05) is 0 Å². The standard InChI is InChI=1S/C11H19N5O9P2/c12-11-14-9-8(10(17)15-11)13-5-16(9)7(4-25-6-27(21,22)23)3-24-1-2-26(18,19)20/h5,7H,1-4,6H2,(H2,18,19,20)(H2,21,22,23)(H3,12,14,15,17). The number of nitrogen functional groups attached to an aromatic ring is 1. The number of ether oxygens (including phenoxy) is 2. The molecule has 0 spiro atoms. The van der Waals surface area contributed by atoms with Crippen LogP contribution in [0, 0.1) is 0 Å². The first-order chi connectivity index (χ1) is 12.5. The Labute approximate surface area is 151 Å². The quantitative estimate of drug-likeness (QED) is 0.190. The number of fused-ring (bicyclic) bond motifs is 1. The topological polar surface area (TPSA) is 223 Å². The van der Waals surface area contributed by atoms with Crippen molar-refractivity contribution in [3.63, 3.8) is 0 Å². The highest BCUT2D eigenvalue weighted by Gasteiger charge is 2.21. The molecule has 0 saturated carbocycles. The SMILES string of the molecule is Nc1nc2c(ncn2C(COCCP(=O)(O)O)COCP(=O)(O)O)c(=O)[nH]1. The van der Waals surface area contributed by atoms with Crippen LogP contribution in [0.4, 0.5) is 5.95 Å². The molecule has 152 valence electrons. The highest BCUT2D eigenvalue weighted by molar-refractivity contribution is 7.51. The minimum atomic E-state index is -4.40. The van der Waals surface area contributed by atoms with E-state index in [9.17, 15) is 13.9 Å². The second kappa shape index (κ2) is 8.59.